The van der Waals surface area contributed by atoms with Crippen LogP contribution in [0.5, 0.6) is 17.2 Å². The van der Waals surface area contributed by atoms with Crippen LogP contribution < -0.4 is 24.4 Å². The quantitative estimate of drug-likeness (QED) is 0.420. The van der Waals surface area contributed by atoms with Gasteiger partial charge in [-0.1, -0.05) is 0 Å². The fourth-order valence-electron chi connectivity index (χ4n) is 4.25. The van der Waals surface area contributed by atoms with E-state index >= 15 is 0 Å². The third kappa shape index (κ3) is 5.37. The summed E-state index contributed by atoms with van der Waals surface area (Å²) in [5.41, 5.74) is 0.498. The van der Waals surface area contributed by atoms with Crippen molar-refractivity contribution in [3.8, 4) is 17.2 Å². The van der Waals surface area contributed by atoms with Crippen LogP contribution in [0.25, 0.3) is 0 Å². The molecule has 10 heteroatoms. The zero-order valence-electron chi connectivity index (χ0n) is 20.2. The fourth-order valence-corrected chi connectivity index (χ4v) is 4.25. The first-order valence-corrected chi connectivity index (χ1v) is 11.4. The first-order valence-electron chi connectivity index (χ1n) is 11.4. The van der Waals surface area contributed by atoms with Crippen molar-refractivity contribution >= 4 is 17.3 Å². The summed E-state index contributed by atoms with van der Waals surface area (Å²) in [6.45, 7) is 1.43. The number of rotatable bonds is 8. The summed E-state index contributed by atoms with van der Waals surface area (Å²) in [6, 6.07) is 9.93. The SMILES string of the molecule is COc1cc(OC)c(Cc2ccc(C(=O)Nc3cc(C(F)(F)F)ccc3N3CCCC3)o2)c(OC)c1. The molecule has 3 aromatic rings. The van der Waals surface area contributed by atoms with Crippen molar-refractivity contribution in [3.05, 3.63) is 65.1 Å². The van der Waals surface area contributed by atoms with E-state index in [4.69, 9.17) is 18.6 Å². The lowest BCUT2D eigenvalue weighted by molar-refractivity contribution is -0.137. The summed E-state index contributed by atoms with van der Waals surface area (Å²) < 4.78 is 62.0. The minimum atomic E-state index is -4.53. The monoisotopic (exact) mass is 504 g/mol. The van der Waals surface area contributed by atoms with Crippen molar-refractivity contribution in [3.63, 3.8) is 0 Å². The predicted molar refractivity (Wildman–Crippen MR) is 128 cm³/mol. The number of furan rings is 1. The van der Waals surface area contributed by atoms with Gasteiger partial charge in [0.1, 0.15) is 23.0 Å². The largest absolute Gasteiger partial charge is 0.496 e. The van der Waals surface area contributed by atoms with Crippen LogP contribution in [-0.4, -0.2) is 40.3 Å². The van der Waals surface area contributed by atoms with Crippen LogP contribution in [0, 0.1) is 0 Å². The molecule has 1 aromatic heterocycles. The highest BCUT2D eigenvalue weighted by atomic mass is 19.4. The van der Waals surface area contributed by atoms with Gasteiger partial charge in [0, 0.05) is 37.2 Å². The average molecular weight is 505 g/mol. The molecule has 1 aliphatic rings. The van der Waals surface area contributed by atoms with E-state index in [2.05, 4.69) is 5.32 Å². The van der Waals surface area contributed by atoms with Gasteiger partial charge < -0.3 is 28.8 Å². The van der Waals surface area contributed by atoms with Crippen molar-refractivity contribution in [1.29, 1.82) is 0 Å². The number of amides is 1. The minimum absolute atomic E-state index is 0.0266. The second-order valence-electron chi connectivity index (χ2n) is 8.33. The smallest absolute Gasteiger partial charge is 0.416 e. The maximum atomic E-state index is 13.3. The molecule has 1 N–H and O–H groups in total. The Balaban J connectivity index is 1.58. The van der Waals surface area contributed by atoms with Gasteiger partial charge in [0.25, 0.3) is 5.91 Å². The molecule has 0 radical (unpaired) electrons. The van der Waals surface area contributed by atoms with Crippen molar-refractivity contribution < 1.29 is 36.6 Å². The molecule has 2 aromatic carbocycles. The summed E-state index contributed by atoms with van der Waals surface area (Å²) >= 11 is 0. The Hall–Kier alpha value is -3.82. The lowest BCUT2D eigenvalue weighted by Gasteiger charge is -2.22. The first kappa shape index (κ1) is 25.3. The van der Waals surface area contributed by atoms with Gasteiger partial charge in [-0.3, -0.25) is 4.79 Å². The maximum Gasteiger partial charge on any atom is 0.416 e. The number of alkyl halides is 3. The highest BCUT2D eigenvalue weighted by molar-refractivity contribution is 6.04. The third-order valence-electron chi connectivity index (χ3n) is 6.07. The number of nitrogens with one attached hydrogen (secondary N) is 1. The van der Waals surface area contributed by atoms with Crippen molar-refractivity contribution in [1.82, 2.24) is 0 Å². The van der Waals surface area contributed by atoms with Crippen LogP contribution in [0.1, 0.15) is 40.3 Å². The van der Waals surface area contributed by atoms with Gasteiger partial charge in [0.15, 0.2) is 5.76 Å². The summed E-state index contributed by atoms with van der Waals surface area (Å²) in [7, 11) is 4.57. The first-order chi connectivity index (χ1) is 17.2. The topological polar surface area (TPSA) is 73.2 Å². The van der Waals surface area contributed by atoms with Gasteiger partial charge in [-0.05, 0) is 43.2 Å². The van der Waals surface area contributed by atoms with Crippen LogP contribution in [0.4, 0.5) is 24.5 Å². The molecule has 192 valence electrons. The molecular weight excluding hydrogens is 477 g/mol. The molecule has 36 heavy (non-hydrogen) atoms. The number of benzene rings is 2. The van der Waals surface area contributed by atoms with Gasteiger partial charge in [-0.15, -0.1) is 0 Å². The Morgan fingerprint density at radius 3 is 2.22 bits per heavy atom. The summed E-state index contributed by atoms with van der Waals surface area (Å²) in [4.78, 5) is 14.9. The molecule has 4 rings (SSSR count). The van der Waals surface area contributed by atoms with E-state index in [0.29, 0.717) is 47.3 Å². The maximum absolute atomic E-state index is 13.3. The van der Waals surface area contributed by atoms with Gasteiger partial charge in [-0.25, -0.2) is 0 Å². The molecule has 2 heterocycles. The number of halogens is 3. The Morgan fingerprint density at radius 1 is 0.972 bits per heavy atom. The number of anilines is 2. The lowest BCUT2D eigenvalue weighted by atomic mass is 10.1. The van der Waals surface area contributed by atoms with E-state index in [1.165, 1.54) is 33.5 Å². The molecule has 1 saturated heterocycles. The lowest BCUT2D eigenvalue weighted by Crippen LogP contribution is -2.21. The molecule has 1 fully saturated rings. The van der Waals surface area contributed by atoms with Crippen LogP contribution >= 0.6 is 0 Å². The summed E-state index contributed by atoms with van der Waals surface area (Å²) in [5, 5.41) is 2.61. The average Bonchev–Trinajstić information content (AvgIpc) is 3.56. The van der Waals surface area contributed by atoms with E-state index in [1.807, 2.05) is 4.90 Å². The molecule has 1 amide bonds. The van der Waals surface area contributed by atoms with E-state index < -0.39 is 17.6 Å². The fraction of sp³-hybridized carbons (Fsp3) is 0.346. The van der Waals surface area contributed by atoms with E-state index in [-0.39, 0.29) is 17.9 Å². The second kappa shape index (κ2) is 10.4. The van der Waals surface area contributed by atoms with Gasteiger partial charge >= 0.3 is 6.18 Å². The number of hydrogen-bond donors (Lipinski definition) is 1. The van der Waals surface area contributed by atoms with Crippen molar-refractivity contribution in [2.24, 2.45) is 0 Å². The second-order valence-corrected chi connectivity index (χ2v) is 8.33. The number of ether oxygens (including phenoxy) is 3. The van der Waals surface area contributed by atoms with Crippen molar-refractivity contribution in [2.75, 3.05) is 44.6 Å². The van der Waals surface area contributed by atoms with Crippen LogP contribution in [-0.2, 0) is 12.6 Å². The van der Waals surface area contributed by atoms with Crippen LogP contribution in [0.2, 0.25) is 0 Å². The molecule has 7 nitrogen and oxygen atoms in total. The summed E-state index contributed by atoms with van der Waals surface area (Å²) in [5.74, 6) is 1.38. The number of nitrogens with zero attached hydrogens (tertiary/aromatic N) is 1. The zero-order chi connectivity index (χ0) is 25.9. The molecular formula is C26H27F3N2O5. The number of methoxy groups -OCH3 is 3. The third-order valence-corrected chi connectivity index (χ3v) is 6.07. The van der Waals surface area contributed by atoms with Crippen molar-refractivity contribution in [2.45, 2.75) is 25.4 Å². The molecule has 0 aliphatic carbocycles. The van der Waals surface area contributed by atoms with Gasteiger partial charge in [-0.2, -0.15) is 13.2 Å². The molecule has 0 atom stereocenters. The van der Waals surface area contributed by atoms with E-state index in [0.717, 1.165) is 25.0 Å². The molecule has 0 spiro atoms. The molecule has 0 unspecified atom stereocenters. The standard InChI is InChI=1S/C26H27F3N2O5/c1-33-18-14-23(34-2)19(24(15-18)35-3)13-17-7-9-22(36-17)25(32)30-20-12-16(26(27,28)29)6-8-21(20)31-10-4-5-11-31/h6-9,12,14-15H,4-5,10-11,13H2,1-3H3,(H,30,32). The Kier molecular flexibility index (Phi) is 7.32. The predicted octanol–water partition coefficient (Wildman–Crippen LogP) is 5.77. The normalized spacial score (nSPS) is 13.6. The summed E-state index contributed by atoms with van der Waals surface area (Å²) in [6.07, 6.45) is -2.40. The minimum Gasteiger partial charge on any atom is -0.496 e. The number of carbonyl (C=O) groups is 1. The Labute approximate surface area is 206 Å². The zero-order valence-corrected chi connectivity index (χ0v) is 20.2. The van der Waals surface area contributed by atoms with Crippen LogP contribution in [0.15, 0.2) is 46.9 Å². The van der Waals surface area contributed by atoms with E-state index in [9.17, 15) is 18.0 Å². The number of carbonyl (C=O) groups excluding carboxylic acids is 1. The van der Waals surface area contributed by atoms with Crippen LogP contribution in [0.3, 0.4) is 0 Å². The van der Waals surface area contributed by atoms with Gasteiger partial charge in [0.05, 0.1) is 38.3 Å². The molecule has 0 saturated carbocycles. The number of hydrogen-bond acceptors (Lipinski definition) is 6. The highest BCUT2D eigenvalue weighted by Gasteiger charge is 2.32. The Morgan fingerprint density at radius 2 is 1.64 bits per heavy atom. The highest BCUT2D eigenvalue weighted by Crippen LogP contribution is 2.38. The van der Waals surface area contributed by atoms with E-state index in [1.54, 1.807) is 18.2 Å². The molecule has 1 aliphatic heterocycles. The Bertz CT molecular complexity index is 1210. The van der Waals surface area contributed by atoms with Gasteiger partial charge in [0.2, 0.25) is 0 Å². The molecule has 0 bridgehead atoms.